The zero-order valence-corrected chi connectivity index (χ0v) is 12.3. The maximum Gasteiger partial charge on any atom is 0.126 e. The van der Waals surface area contributed by atoms with Gasteiger partial charge in [-0.15, -0.1) is 0 Å². The Morgan fingerprint density at radius 2 is 2.16 bits per heavy atom. The Morgan fingerprint density at radius 1 is 1.47 bits per heavy atom. The fourth-order valence-corrected chi connectivity index (χ4v) is 3.25. The molecular formula is C15H24N4. The quantitative estimate of drug-likeness (QED) is 0.648. The molecule has 0 aliphatic carbocycles. The molecule has 4 heteroatoms. The van der Waals surface area contributed by atoms with Gasteiger partial charge >= 0.3 is 0 Å². The summed E-state index contributed by atoms with van der Waals surface area (Å²) in [6.07, 6.45) is 3.55. The summed E-state index contributed by atoms with van der Waals surface area (Å²) in [4.78, 5) is 6.90. The maximum atomic E-state index is 7.85. The van der Waals surface area contributed by atoms with E-state index < -0.39 is 0 Å². The lowest BCUT2D eigenvalue weighted by Gasteiger charge is -2.32. The highest BCUT2D eigenvalue weighted by molar-refractivity contribution is 6.01. The zero-order valence-electron chi connectivity index (χ0n) is 12.3. The second-order valence-corrected chi connectivity index (χ2v) is 5.55. The summed E-state index contributed by atoms with van der Waals surface area (Å²) in [7, 11) is 0. The molecule has 1 aromatic heterocycles. The first-order valence-electron chi connectivity index (χ1n) is 7.06. The number of hydrogen-bond donors (Lipinski definition) is 2. The van der Waals surface area contributed by atoms with Crippen molar-refractivity contribution in [3.63, 3.8) is 0 Å². The van der Waals surface area contributed by atoms with E-state index in [1.807, 2.05) is 13.8 Å². The molecule has 0 spiro atoms. The van der Waals surface area contributed by atoms with E-state index in [1.54, 1.807) is 0 Å². The van der Waals surface area contributed by atoms with Crippen molar-refractivity contribution in [1.82, 2.24) is 4.98 Å². The van der Waals surface area contributed by atoms with Gasteiger partial charge < -0.3 is 10.6 Å². The number of rotatable bonds is 3. The molecule has 2 heterocycles. The van der Waals surface area contributed by atoms with Crippen molar-refractivity contribution in [1.29, 1.82) is 5.41 Å². The molecule has 2 atom stereocenters. The van der Waals surface area contributed by atoms with Gasteiger partial charge in [0.15, 0.2) is 0 Å². The molecule has 1 aliphatic rings. The van der Waals surface area contributed by atoms with Gasteiger partial charge in [-0.25, -0.2) is 0 Å². The third-order valence-electron chi connectivity index (χ3n) is 4.11. The Kier molecular flexibility index (Phi) is 3.78. The van der Waals surface area contributed by atoms with Crippen molar-refractivity contribution >= 4 is 11.5 Å². The molecule has 4 nitrogen and oxygen atoms in total. The third-order valence-corrected chi connectivity index (χ3v) is 4.11. The van der Waals surface area contributed by atoms with Crippen molar-refractivity contribution in [2.45, 2.75) is 59.0 Å². The van der Waals surface area contributed by atoms with E-state index in [0.717, 1.165) is 29.1 Å². The molecule has 1 aliphatic heterocycles. The second-order valence-electron chi connectivity index (χ2n) is 5.55. The number of pyridine rings is 1. The van der Waals surface area contributed by atoms with E-state index in [9.17, 15) is 0 Å². The lowest BCUT2D eigenvalue weighted by Crippen LogP contribution is -2.36. The summed E-state index contributed by atoms with van der Waals surface area (Å²) in [5.41, 5.74) is 9.53. The SMILES string of the molecule is CCC1CCC(C)N1c1cc(C)nc(C)c1C(=N)N. The van der Waals surface area contributed by atoms with Gasteiger partial charge in [0.25, 0.3) is 0 Å². The van der Waals surface area contributed by atoms with E-state index in [4.69, 9.17) is 11.1 Å². The van der Waals surface area contributed by atoms with Crippen LogP contribution < -0.4 is 10.6 Å². The average Bonchev–Trinajstić information content (AvgIpc) is 2.68. The first-order chi connectivity index (χ1) is 8.95. The molecule has 0 amide bonds. The van der Waals surface area contributed by atoms with Crippen LogP contribution in [0.5, 0.6) is 0 Å². The van der Waals surface area contributed by atoms with Crippen molar-refractivity contribution < 1.29 is 0 Å². The van der Waals surface area contributed by atoms with Gasteiger partial charge in [-0.3, -0.25) is 10.4 Å². The standard InChI is InChI=1S/C15H24N4/c1-5-12-7-6-10(3)19(12)13-8-9(2)18-11(4)14(13)15(16)17/h8,10,12H,5-7H2,1-4H3,(H3,16,17). The number of anilines is 1. The number of nitrogens with two attached hydrogens (primary N) is 1. The largest absolute Gasteiger partial charge is 0.384 e. The highest BCUT2D eigenvalue weighted by Gasteiger charge is 2.32. The summed E-state index contributed by atoms with van der Waals surface area (Å²) in [6, 6.07) is 3.13. The smallest absolute Gasteiger partial charge is 0.126 e. The van der Waals surface area contributed by atoms with Crippen LogP contribution in [-0.4, -0.2) is 22.9 Å². The molecule has 0 bridgehead atoms. The highest BCUT2D eigenvalue weighted by Crippen LogP contribution is 2.35. The van der Waals surface area contributed by atoms with Crippen LogP contribution in [0.4, 0.5) is 5.69 Å². The minimum Gasteiger partial charge on any atom is -0.384 e. The Hall–Kier alpha value is -1.58. The molecule has 1 fully saturated rings. The molecule has 3 N–H and O–H groups in total. The van der Waals surface area contributed by atoms with Crippen molar-refractivity contribution in [2.75, 3.05) is 4.90 Å². The number of nitrogen functional groups attached to an aromatic ring is 1. The van der Waals surface area contributed by atoms with E-state index in [0.29, 0.717) is 12.1 Å². The maximum absolute atomic E-state index is 7.85. The van der Waals surface area contributed by atoms with Crippen LogP contribution in [0.25, 0.3) is 0 Å². The fraction of sp³-hybridized carbons (Fsp3) is 0.600. The highest BCUT2D eigenvalue weighted by atomic mass is 15.2. The Bertz CT molecular complexity index is 495. The second kappa shape index (κ2) is 5.19. The first kappa shape index (κ1) is 13.8. The number of hydrogen-bond acceptors (Lipinski definition) is 3. The first-order valence-corrected chi connectivity index (χ1v) is 7.06. The van der Waals surface area contributed by atoms with Gasteiger partial charge in [-0.2, -0.15) is 0 Å². The summed E-state index contributed by atoms with van der Waals surface area (Å²) < 4.78 is 0. The van der Waals surface area contributed by atoms with Crippen LogP contribution in [0.1, 0.15) is 50.1 Å². The number of nitrogens with one attached hydrogen (secondary N) is 1. The molecular weight excluding hydrogens is 236 g/mol. The topological polar surface area (TPSA) is 66.0 Å². The lowest BCUT2D eigenvalue weighted by atomic mass is 10.1. The van der Waals surface area contributed by atoms with Crippen molar-refractivity contribution in [2.24, 2.45) is 5.73 Å². The van der Waals surface area contributed by atoms with Crippen LogP contribution in [0, 0.1) is 19.3 Å². The molecule has 1 saturated heterocycles. The van der Waals surface area contributed by atoms with Crippen LogP contribution in [-0.2, 0) is 0 Å². The Labute approximate surface area is 115 Å². The number of amidine groups is 1. The molecule has 0 aromatic carbocycles. The molecule has 1 aromatic rings. The van der Waals surface area contributed by atoms with Gasteiger partial charge in [-0.1, -0.05) is 6.92 Å². The predicted molar refractivity (Wildman–Crippen MR) is 80.0 cm³/mol. The average molecular weight is 260 g/mol. The van der Waals surface area contributed by atoms with E-state index in [-0.39, 0.29) is 5.84 Å². The fourth-order valence-electron chi connectivity index (χ4n) is 3.25. The molecule has 2 unspecified atom stereocenters. The van der Waals surface area contributed by atoms with Gasteiger partial charge in [0.1, 0.15) is 5.84 Å². The molecule has 104 valence electrons. The normalized spacial score (nSPS) is 22.8. The minimum atomic E-state index is 0.119. The van der Waals surface area contributed by atoms with E-state index >= 15 is 0 Å². The Balaban J connectivity index is 2.57. The van der Waals surface area contributed by atoms with Crippen molar-refractivity contribution in [3.05, 3.63) is 23.0 Å². The zero-order chi connectivity index (χ0) is 14.2. The van der Waals surface area contributed by atoms with Gasteiger partial charge in [0, 0.05) is 17.8 Å². The Morgan fingerprint density at radius 3 is 2.74 bits per heavy atom. The van der Waals surface area contributed by atoms with Gasteiger partial charge in [-0.05, 0) is 46.1 Å². The summed E-state index contributed by atoms with van der Waals surface area (Å²) in [5.74, 6) is 0.119. The number of aryl methyl sites for hydroxylation is 2. The predicted octanol–water partition coefficient (Wildman–Crippen LogP) is 2.75. The number of nitrogens with zero attached hydrogens (tertiary/aromatic N) is 2. The van der Waals surface area contributed by atoms with E-state index in [2.05, 4.69) is 29.8 Å². The summed E-state index contributed by atoms with van der Waals surface area (Å²) >= 11 is 0. The lowest BCUT2D eigenvalue weighted by molar-refractivity contribution is 0.626. The molecule has 2 rings (SSSR count). The van der Waals surface area contributed by atoms with Gasteiger partial charge in [0.2, 0.25) is 0 Å². The minimum absolute atomic E-state index is 0.119. The van der Waals surface area contributed by atoms with Crippen molar-refractivity contribution in [3.8, 4) is 0 Å². The van der Waals surface area contributed by atoms with Crippen LogP contribution in [0.2, 0.25) is 0 Å². The number of aromatic nitrogens is 1. The molecule has 0 radical (unpaired) electrons. The molecule has 0 saturated carbocycles. The third kappa shape index (κ3) is 2.44. The van der Waals surface area contributed by atoms with Crippen LogP contribution >= 0.6 is 0 Å². The monoisotopic (exact) mass is 260 g/mol. The summed E-state index contributed by atoms with van der Waals surface area (Å²) in [6.45, 7) is 8.42. The van der Waals surface area contributed by atoms with Crippen LogP contribution in [0.15, 0.2) is 6.07 Å². The molecule has 19 heavy (non-hydrogen) atoms. The van der Waals surface area contributed by atoms with E-state index in [1.165, 1.54) is 12.8 Å². The van der Waals surface area contributed by atoms with Crippen LogP contribution in [0.3, 0.4) is 0 Å². The van der Waals surface area contributed by atoms with Gasteiger partial charge in [0.05, 0.1) is 16.9 Å². The summed E-state index contributed by atoms with van der Waals surface area (Å²) in [5, 5.41) is 7.85.